The average Bonchev–Trinajstić information content (AvgIpc) is 2.38. The Morgan fingerprint density at radius 1 is 0.810 bits per heavy atom. The van der Waals surface area contributed by atoms with Crippen molar-refractivity contribution in [3.63, 3.8) is 0 Å². The van der Waals surface area contributed by atoms with Crippen LogP contribution in [-0.2, 0) is 16.6 Å². The second kappa shape index (κ2) is 4.66. The molecule has 3 saturated carbocycles. The van der Waals surface area contributed by atoms with Crippen LogP contribution in [0.25, 0.3) is 0 Å². The maximum Gasteiger partial charge on any atom is 0.153 e. The lowest BCUT2D eigenvalue weighted by Crippen LogP contribution is -2.72. The molecule has 2 aromatic carbocycles. The van der Waals surface area contributed by atoms with E-state index in [1.165, 1.54) is 5.56 Å². The van der Waals surface area contributed by atoms with Gasteiger partial charge in [0.2, 0.25) is 0 Å². The molecule has 0 aromatic heterocycles. The van der Waals surface area contributed by atoms with Crippen LogP contribution in [0.1, 0.15) is 24.8 Å². The molecule has 1 atom stereocenters. The number of benzene rings is 2. The van der Waals surface area contributed by atoms with E-state index in [0.29, 0.717) is 5.02 Å². The van der Waals surface area contributed by atoms with Crippen LogP contribution in [0, 0.1) is 0 Å². The van der Waals surface area contributed by atoms with Gasteiger partial charge in [-0.2, -0.15) is 0 Å². The van der Waals surface area contributed by atoms with Gasteiger partial charge < -0.3 is 4.55 Å². The molecule has 3 aliphatic carbocycles. The first kappa shape index (κ1) is 14.0. The third-order valence-electron chi connectivity index (χ3n) is 4.86. The van der Waals surface area contributed by atoms with Gasteiger partial charge in [0.05, 0.1) is 0 Å². The zero-order valence-corrected chi connectivity index (χ0v) is 13.6. The Hall–Kier alpha value is -0.670. The second-order valence-corrected chi connectivity index (χ2v) is 8.97. The summed E-state index contributed by atoms with van der Waals surface area (Å²) in [6.07, 6.45) is 3.03. The molecule has 3 aliphatic rings. The fourth-order valence-corrected chi connectivity index (χ4v) is 6.17. The van der Waals surface area contributed by atoms with Crippen LogP contribution in [-0.4, -0.2) is 9.30 Å². The summed E-state index contributed by atoms with van der Waals surface area (Å²) < 4.78 is 12.8. The highest BCUT2D eigenvalue weighted by Crippen LogP contribution is 2.72. The van der Waals surface area contributed by atoms with Gasteiger partial charge in [0.25, 0.3) is 0 Å². The summed E-state index contributed by atoms with van der Waals surface area (Å²) in [6, 6.07) is 15.5. The summed E-state index contributed by atoms with van der Waals surface area (Å²) in [6.45, 7) is 0. The van der Waals surface area contributed by atoms with Gasteiger partial charge in [-0.1, -0.05) is 35.3 Å². The molecular weight excluding hydrogens is 323 g/mol. The van der Waals surface area contributed by atoms with Gasteiger partial charge >= 0.3 is 0 Å². The largest absolute Gasteiger partial charge is 0.611 e. The molecule has 0 aliphatic heterocycles. The third kappa shape index (κ3) is 2.04. The van der Waals surface area contributed by atoms with Gasteiger partial charge in [-0.3, -0.25) is 0 Å². The van der Waals surface area contributed by atoms with Gasteiger partial charge in [-0.25, -0.2) is 0 Å². The zero-order valence-electron chi connectivity index (χ0n) is 11.3. The van der Waals surface area contributed by atoms with Crippen LogP contribution in [0.4, 0.5) is 0 Å². The molecule has 0 N–H and O–H groups in total. The molecule has 3 fully saturated rings. The summed E-state index contributed by atoms with van der Waals surface area (Å²) in [4.78, 5) is 0.892. The highest BCUT2D eigenvalue weighted by Gasteiger charge is 2.75. The molecule has 0 amide bonds. The number of hydrogen-bond acceptors (Lipinski definition) is 1. The van der Waals surface area contributed by atoms with Crippen molar-refractivity contribution in [3.05, 3.63) is 64.1 Å². The summed E-state index contributed by atoms with van der Waals surface area (Å²) >= 11 is 10.9. The molecule has 0 spiro atoms. The smallest absolute Gasteiger partial charge is 0.153 e. The van der Waals surface area contributed by atoms with Crippen molar-refractivity contribution in [1.29, 1.82) is 0 Å². The van der Waals surface area contributed by atoms with Crippen molar-refractivity contribution in [2.75, 3.05) is 0 Å². The molecule has 0 saturated heterocycles. The lowest BCUT2D eigenvalue weighted by molar-refractivity contribution is -0.000285. The van der Waals surface area contributed by atoms with Crippen molar-refractivity contribution < 1.29 is 4.55 Å². The van der Waals surface area contributed by atoms with Crippen LogP contribution in [0.15, 0.2) is 53.4 Å². The van der Waals surface area contributed by atoms with E-state index >= 15 is 0 Å². The predicted octanol–water partition coefficient (Wildman–Crippen LogP) is 4.98. The number of hydrogen-bond donors (Lipinski definition) is 0. The van der Waals surface area contributed by atoms with Crippen LogP contribution in [0.2, 0.25) is 10.0 Å². The Kier molecular flexibility index (Phi) is 3.10. The molecular formula is C17H14Cl2OS. The Morgan fingerprint density at radius 2 is 1.29 bits per heavy atom. The standard InChI is InChI=1S/C17H14Cl2OS/c18-13-3-1-12(2-4-13)16-9-17(10-16,11-16)21(20)15-7-5-14(19)6-8-15/h1-8H,9-11H2. The average molecular weight is 337 g/mol. The van der Waals surface area contributed by atoms with E-state index in [1.807, 2.05) is 36.4 Å². The van der Waals surface area contributed by atoms with E-state index in [4.69, 9.17) is 23.2 Å². The molecule has 0 heterocycles. The summed E-state index contributed by atoms with van der Waals surface area (Å²) in [7, 11) is 0. The first-order valence-corrected chi connectivity index (χ1v) is 8.87. The highest BCUT2D eigenvalue weighted by atomic mass is 35.5. The van der Waals surface area contributed by atoms with Crippen LogP contribution in [0.5, 0.6) is 0 Å². The fraction of sp³-hybridized carbons (Fsp3) is 0.294. The van der Waals surface area contributed by atoms with E-state index in [-0.39, 0.29) is 10.2 Å². The van der Waals surface area contributed by atoms with Crippen molar-refractivity contribution in [2.24, 2.45) is 0 Å². The summed E-state index contributed by atoms with van der Waals surface area (Å²) in [5, 5.41) is 1.45. The van der Waals surface area contributed by atoms with Crippen LogP contribution >= 0.6 is 23.2 Å². The van der Waals surface area contributed by atoms with Crippen molar-refractivity contribution in [1.82, 2.24) is 0 Å². The minimum absolute atomic E-state index is 0.0204. The van der Waals surface area contributed by atoms with E-state index in [0.717, 1.165) is 29.2 Å². The molecule has 2 aromatic rings. The van der Waals surface area contributed by atoms with Crippen molar-refractivity contribution in [3.8, 4) is 0 Å². The Labute approximate surface area is 137 Å². The monoisotopic (exact) mass is 336 g/mol. The normalized spacial score (nSPS) is 31.2. The molecule has 5 rings (SSSR count). The lowest BCUT2D eigenvalue weighted by Gasteiger charge is -2.68. The Balaban J connectivity index is 1.52. The maximum atomic E-state index is 12.8. The number of halogens is 2. The maximum absolute atomic E-state index is 12.8. The minimum Gasteiger partial charge on any atom is -0.611 e. The molecule has 2 bridgehead atoms. The molecule has 1 unspecified atom stereocenters. The lowest BCUT2D eigenvalue weighted by atomic mass is 9.41. The minimum atomic E-state index is -0.938. The molecule has 4 heteroatoms. The predicted molar refractivity (Wildman–Crippen MR) is 87.6 cm³/mol. The van der Waals surface area contributed by atoms with E-state index in [9.17, 15) is 4.55 Å². The fourth-order valence-electron chi connectivity index (χ4n) is 3.81. The first-order chi connectivity index (χ1) is 10.0. The van der Waals surface area contributed by atoms with Crippen molar-refractivity contribution >= 4 is 34.4 Å². The second-order valence-electron chi connectivity index (χ2n) is 6.22. The molecule has 21 heavy (non-hydrogen) atoms. The van der Waals surface area contributed by atoms with Gasteiger partial charge in [-0.15, -0.1) is 0 Å². The van der Waals surface area contributed by atoms with E-state index in [2.05, 4.69) is 12.1 Å². The quantitative estimate of drug-likeness (QED) is 0.725. The van der Waals surface area contributed by atoms with E-state index in [1.54, 1.807) is 0 Å². The molecule has 0 radical (unpaired) electrons. The SMILES string of the molecule is [O-][S+](c1ccc(Cl)cc1)C12CC(c3ccc(Cl)cc3)(C1)C2. The van der Waals surface area contributed by atoms with Gasteiger partial charge in [0, 0.05) is 34.7 Å². The topological polar surface area (TPSA) is 23.1 Å². The number of rotatable bonds is 3. The Bertz CT molecular complexity index is 661. The Morgan fingerprint density at radius 3 is 1.81 bits per heavy atom. The summed E-state index contributed by atoms with van der Waals surface area (Å²) in [5.74, 6) is 0. The summed E-state index contributed by atoms with van der Waals surface area (Å²) in [5.41, 5.74) is 1.58. The third-order valence-corrected chi connectivity index (χ3v) is 7.28. The first-order valence-electron chi connectivity index (χ1n) is 6.97. The highest BCUT2D eigenvalue weighted by molar-refractivity contribution is 7.93. The van der Waals surface area contributed by atoms with E-state index < -0.39 is 11.2 Å². The van der Waals surface area contributed by atoms with Crippen molar-refractivity contribution in [2.45, 2.75) is 34.3 Å². The molecule has 1 nitrogen and oxygen atoms in total. The van der Waals surface area contributed by atoms with Gasteiger partial charge in [0.1, 0.15) is 4.75 Å². The van der Waals surface area contributed by atoms with Gasteiger partial charge in [0.15, 0.2) is 4.90 Å². The van der Waals surface area contributed by atoms with Gasteiger partial charge in [-0.05, 0) is 53.1 Å². The molecule has 108 valence electrons. The van der Waals surface area contributed by atoms with Crippen LogP contribution in [0.3, 0.4) is 0 Å². The van der Waals surface area contributed by atoms with Crippen LogP contribution < -0.4 is 0 Å². The zero-order chi connectivity index (χ0) is 14.7.